The van der Waals surface area contributed by atoms with Crippen molar-refractivity contribution in [1.29, 1.82) is 0 Å². The molecule has 4 heteroatoms. The van der Waals surface area contributed by atoms with E-state index in [-0.39, 0.29) is 0 Å². The molecule has 1 aromatic heterocycles. The first-order chi connectivity index (χ1) is 8.38. The molecule has 17 heavy (non-hydrogen) atoms. The van der Waals surface area contributed by atoms with E-state index < -0.39 is 0 Å². The Bertz CT molecular complexity index is 320. The lowest BCUT2D eigenvalue weighted by molar-refractivity contribution is 0.719. The van der Waals surface area contributed by atoms with Crippen molar-refractivity contribution >= 4 is 11.8 Å². The molecule has 0 spiro atoms. The van der Waals surface area contributed by atoms with Gasteiger partial charge in [-0.3, -0.25) is 0 Å². The van der Waals surface area contributed by atoms with E-state index in [0.29, 0.717) is 0 Å². The second-order valence-electron chi connectivity index (χ2n) is 4.51. The number of nitrogens with zero attached hydrogens (tertiary/aromatic N) is 2. The fraction of sp³-hybridized carbons (Fsp3) is 0.692. The molecular formula is C13H21N3S. The van der Waals surface area contributed by atoms with Crippen LogP contribution in [-0.2, 0) is 12.3 Å². The quantitative estimate of drug-likeness (QED) is 0.843. The molecule has 1 heterocycles. The van der Waals surface area contributed by atoms with Crippen LogP contribution in [0, 0.1) is 0 Å². The number of rotatable bonds is 6. The molecule has 1 aliphatic rings. The predicted octanol–water partition coefficient (Wildman–Crippen LogP) is 2.76. The third-order valence-corrected chi connectivity index (χ3v) is 4.46. The Morgan fingerprint density at radius 1 is 1.29 bits per heavy atom. The monoisotopic (exact) mass is 251 g/mol. The van der Waals surface area contributed by atoms with Crippen molar-refractivity contribution in [2.75, 3.05) is 6.54 Å². The van der Waals surface area contributed by atoms with E-state index in [1.807, 2.05) is 24.2 Å². The molecule has 0 atom stereocenters. The maximum Gasteiger partial charge on any atom is 0.138 e. The highest BCUT2D eigenvalue weighted by atomic mass is 32.2. The highest BCUT2D eigenvalue weighted by Gasteiger charge is 2.15. The van der Waals surface area contributed by atoms with E-state index in [1.54, 1.807) is 0 Å². The van der Waals surface area contributed by atoms with Crippen LogP contribution in [0.5, 0.6) is 0 Å². The predicted molar refractivity (Wildman–Crippen MR) is 73.0 cm³/mol. The van der Waals surface area contributed by atoms with Crippen molar-refractivity contribution in [2.24, 2.45) is 0 Å². The lowest BCUT2D eigenvalue weighted by Gasteiger charge is -2.07. The van der Waals surface area contributed by atoms with E-state index in [1.165, 1.54) is 31.2 Å². The highest BCUT2D eigenvalue weighted by Crippen LogP contribution is 2.30. The Kier molecular flexibility index (Phi) is 5.26. The van der Waals surface area contributed by atoms with Crippen molar-refractivity contribution in [2.45, 2.75) is 50.2 Å². The van der Waals surface area contributed by atoms with Crippen molar-refractivity contribution in [1.82, 2.24) is 15.3 Å². The van der Waals surface area contributed by atoms with Crippen LogP contribution in [-0.4, -0.2) is 21.8 Å². The summed E-state index contributed by atoms with van der Waals surface area (Å²) in [7, 11) is 0. The van der Waals surface area contributed by atoms with Crippen molar-refractivity contribution in [3.63, 3.8) is 0 Å². The molecule has 0 radical (unpaired) electrons. The van der Waals surface area contributed by atoms with E-state index >= 15 is 0 Å². The summed E-state index contributed by atoms with van der Waals surface area (Å²) in [5.41, 5.74) is 1.17. The summed E-state index contributed by atoms with van der Waals surface area (Å²) in [6.45, 7) is 3.96. The van der Waals surface area contributed by atoms with Crippen LogP contribution in [0.25, 0.3) is 0 Å². The first-order valence-corrected chi connectivity index (χ1v) is 7.55. The van der Waals surface area contributed by atoms with Gasteiger partial charge in [0, 0.05) is 29.8 Å². The molecule has 0 bridgehead atoms. The van der Waals surface area contributed by atoms with Crippen molar-refractivity contribution in [3.8, 4) is 0 Å². The molecular weight excluding hydrogens is 230 g/mol. The van der Waals surface area contributed by atoms with Crippen LogP contribution in [0.4, 0.5) is 0 Å². The van der Waals surface area contributed by atoms with Gasteiger partial charge < -0.3 is 5.32 Å². The standard InChI is InChI=1S/C13H21N3S/c1-2-14-7-11-8-15-13(16-9-11)10-17-12-5-3-4-6-12/h8-9,12,14H,2-7,10H2,1H3. The molecule has 3 nitrogen and oxygen atoms in total. The Morgan fingerprint density at radius 2 is 2.00 bits per heavy atom. The van der Waals surface area contributed by atoms with Gasteiger partial charge in [-0.25, -0.2) is 9.97 Å². The van der Waals surface area contributed by atoms with Gasteiger partial charge in [0.1, 0.15) is 5.82 Å². The van der Waals surface area contributed by atoms with Crippen LogP contribution in [0.2, 0.25) is 0 Å². The van der Waals surface area contributed by atoms with Crippen LogP contribution in [0.1, 0.15) is 44.0 Å². The van der Waals surface area contributed by atoms with Gasteiger partial charge in [0.25, 0.3) is 0 Å². The lowest BCUT2D eigenvalue weighted by atomic mass is 10.3. The summed E-state index contributed by atoms with van der Waals surface area (Å²) >= 11 is 2.02. The first kappa shape index (κ1) is 12.8. The maximum absolute atomic E-state index is 4.42. The van der Waals surface area contributed by atoms with Gasteiger partial charge in [0.2, 0.25) is 0 Å². The highest BCUT2D eigenvalue weighted by molar-refractivity contribution is 7.99. The molecule has 1 saturated carbocycles. The van der Waals surface area contributed by atoms with Gasteiger partial charge in [0.05, 0.1) is 5.75 Å². The minimum absolute atomic E-state index is 0.847. The van der Waals surface area contributed by atoms with E-state index in [2.05, 4.69) is 22.2 Å². The normalized spacial score (nSPS) is 16.5. The average molecular weight is 251 g/mol. The molecule has 1 aliphatic carbocycles. The topological polar surface area (TPSA) is 37.8 Å². The minimum Gasteiger partial charge on any atom is -0.313 e. The van der Waals surface area contributed by atoms with Gasteiger partial charge in [-0.2, -0.15) is 11.8 Å². The fourth-order valence-electron chi connectivity index (χ4n) is 2.06. The molecule has 0 aliphatic heterocycles. The fourth-order valence-corrected chi connectivity index (χ4v) is 3.26. The average Bonchev–Trinajstić information content (AvgIpc) is 2.88. The zero-order valence-electron chi connectivity index (χ0n) is 10.5. The zero-order valence-corrected chi connectivity index (χ0v) is 11.3. The van der Waals surface area contributed by atoms with Gasteiger partial charge in [0.15, 0.2) is 0 Å². The summed E-state index contributed by atoms with van der Waals surface area (Å²) in [5.74, 6) is 1.94. The molecule has 0 aromatic carbocycles. The molecule has 1 aromatic rings. The number of thioether (sulfide) groups is 1. The number of hydrogen-bond acceptors (Lipinski definition) is 4. The van der Waals surface area contributed by atoms with Gasteiger partial charge in [-0.1, -0.05) is 19.8 Å². The molecule has 94 valence electrons. The smallest absolute Gasteiger partial charge is 0.138 e. The SMILES string of the molecule is CCNCc1cnc(CSC2CCCC2)nc1. The van der Waals surface area contributed by atoms with Crippen LogP contribution < -0.4 is 5.32 Å². The van der Waals surface area contributed by atoms with Crippen molar-refractivity contribution in [3.05, 3.63) is 23.8 Å². The molecule has 1 fully saturated rings. The molecule has 2 rings (SSSR count). The lowest BCUT2D eigenvalue weighted by Crippen LogP contribution is -2.12. The summed E-state index contributed by atoms with van der Waals surface area (Å²) in [6, 6.07) is 0. The van der Waals surface area contributed by atoms with Crippen LogP contribution in [0.15, 0.2) is 12.4 Å². The Hall–Kier alpha value is -0.610. The molecule has 0 unspecified atom stereocenters. The second-order valence-corrected chi connectivity index (χ2v) is 5.79. The Morgan fingerprint density at radius 3 is 2.65 bits per heavy atom. The Labute approximate surface area is 108 Å². The molecule has 0 amide bonds. The van der Waals surface area contributed by atoms with Crippen LogP contribution >= 0.6 is 11.8 Å². The van der Waals surface area contributed by atoms with Gasteiger partial charge in [-0.15, -0.1) is 0 Å². The number of nitrogens with one attached hydrogen (secondary N) is 1. The molecule has 1 N–H and O–H groups in total. The number of aromatic nitrogens is 2. The third kappa shape index (κ3) is 4.28. The van der Waals surface area contributed by atoms with Crippen LogP contribution in [0.3, 0.4) is 0 Å². The van der Waals surface area contributed by atoms with E-state index in [4.69, 9.17) is 0 Å². The van der Waals surface area contributed by atoms with Gasteiger partial charge >= 0.3 is 0 Å². The van der Waals surface area contributed by atoms with E-state index in [9.17, 15) is 0 Å². The minimum atomic E-state index is 0.847. The molecule has 0 saturated heterocycles. The second kappa shape index (κ2) is 6.97. The summed E-state index contributed by atoms with van der Waals surface area (Å²) in [5, 5.41) is 4.12. The summed E-state index contributed by atoms with van der Waals surface area (Å²) in [4.78, 5) is 8.84. The van der Waals surface area contributed by atoms with E-state index in [0.717, 1.165) is 29.9 Å². The maximum atomic E-state index is 4.42. The third-order valence-electron chi connectivity index (χ3n) is 3.09. The summed E-state index contributed by atoms with van der Waals surface area (Å²) in [6.07, 6.45) is 9.45. The van der Waals surface area contributed by atoms with Gasteiger partial charge in [-0.05, 0) is 19.4 Å². The first-order valence-electron chi connectivity index (χ1n) is 6.50. The zero-order chi connectivity index (χ0) is 11.9. The number of hydrogen-bond donors (Lipinski definition) is 1. The Balaban J connectivity index is 1.76. The van der Waals surface area contributed by atoms with Crippen molar-refractivity contribution < 1.29 is 0 Å². The summed E-state index contributed by atoms with van der Waals surface area (Å²) < 4.78 is 0. The largest absolute Gasteiger partial charge is 0.313 e.